The Morgan fingerprint density at radius 3 is 2.75 bits per heavy atom. The van der Waals surface area contributed by atoms with Crippen molar-refractivity contribution in [3.05, 3.63) is 59.7 Å². The van der Waals surface area contributed by atoms with Crippen LogP contribution < -0.4 is 9.64 Å². The number of anilines is 1. The van der Waals surface area contributed by atoms with Crippen molar-refractivity contribution in [3.63, 3.8) is 0 Å². The first kappa shape index (κ1) is 29.1. The summed E-state index contributed by atoms with van der Waals surface area (Å²) in [6, 6.07) is 9.30. The number of aryl methyl sites for hydroxylation is 1. The van der Waals surface area contributed by atoms with Crippen LogP contribution in [0, 0.1) is 5.82 Å². The molecule has 7 nitrogen and oxygen atoms in total. The van der Waals surface area contributed by atoms with Gasteiger partial charge >= 0.3 is 6.01 Å². The SMILES string of the molecule is C=C(F)C(=O)N1CCN(c2nc(OC[C@@]34CCCN3C[C@H](F)C4)nc3cc(-c4cccc5c4CCCC5)c(F)cc23)[C@@H](C)C1. The molecule has 1 amide bonds. The maximum absolute atomic E-state index is 16.1. The van der Waals surface area contributed by atoms with Gasteiger partial charge in [-0.2, -0.15) is 9.97 Å². The third kappa shape index (κ3) is 5.10. The molecule has 1 aromatic heterocycles. The van der Waals surface area contributed by atoms with Crippen molar-refractivity contribution >= 4 is 22.6 Å². The summed E-state index contributed by atoms with van der Waals surface area (Å²) >= 11 is 0. The molecule has 3 atom stereocenters. The largest absolute Gasteiger partial charge is 0.461 e. The lowest BCUT2D eigenvalue weighted by Crippen LogP contribution is -2.54. The van der Waals surface area contributed by atoms with E-state index in [2.05, 4.69) is 17.5 Å². The molecular formula is C34H38F3N5O2. The summed E-state index contributed by atoms with van der Waals surface area (Å²) in [6.07, 6.45) is 5.50. The van der Waals surface area contributed by atoms with E-state index in [9.17, 15) is 13.6 Å². The van der Waals surface area contributed by atoms with E-state index in [1.165, 1.54) is 22.1 Å². The highest BCUT2D eigenvalue weighted by Crippen LogP contribution is 2.41. The number of carbonyl (C=O) groups is 1. The Bertz CT molecular complexity index is 1630. The van der Waals surface area contributed by atoms with E-state index in [0.717, 1.165) is 50.6 Å². The topological polar surface area (TPSA) is 61.8 Å². The number of carbonyl (C=O) groups excluding carboxylic acids is 1. The van der Waals surface area contributed by atoms with E-state index in [-0.39, 0.29) is 43.1 Å². The molecule has 3 aromatic rings. The molecule has 2 aromatic carbocycles. The lowest BCUT2D eigenvalue weighted by molar-refractivity contribution is -0.129. The Balaban J connectivity index is 1.29. The van der Waals surface area contributed by atoms with E-state index >= 15 is 4.39 Å². The Labute approximate surface area is 255 Å². The lowest BCUT2D eigenvalue weighted by atomic mass is 9.85. The van der Waals surface area contributed by atoms with Crippen LogP contribution >= 0.6 is 0 Å². The summed E-state index contributed by atoms with van der Waals surface area (Å²) in [7, 11) is 0. The van der Waals surface area contributed by atoms with Crippen molar-refractivity contribution < 1.29 is 22.7 Å². The number of piperazine rings is 1. The molecule has 3 aliphatic heterocycles. The summed E-state index contributed by atoms with van der Waals surface area (Å²) in [5.74, 6) is -1.57. The molecule has 232 valence electrons. The lowest BCUT2D eigenvalue weighted by Gasteiger charge is -2.40. The Morgan fingerprint density at radius 1 is 1.09 bits per heavy atom. The van der Waals surface area contributed by atoms with Crippen molar-refractivity contribution in [1.29, 1.82) is 0 Å². The first-order valence-electron chi connectivity index (χ1n) is 15.8. The highest BCUT2D eigenvalue weighted by atomic mass is 19.1. The van der Waals surface area contributed by atoms with Gasteiger partial charge in [-0.1, -0.05) is 24.8 Å². The number of ether oxygens (including phenoxy) is 1. The fourth-order valence-electron chi connectivity index (χ4n) is 7.91. The molecule has 4 heterocycles. The standard InChI is InChI=1S/C34H38F3N5O2/c1-21-18-40(32(43)22(2)35)13-14-42(21)31-28-15-29(37)27(26-10-5-8-23-7-3-4-9-25(23)26)16-30(28)38-33(39-31)44-20-34-11-6-12-41(34)19-24(36)17-34/h5,8,10,15-16,21,24H,2-4,6-7,9,11-14,17-20H2,1H3/t21-,24+,34-/m0/s1. The summed E-state index contributed by atoms with van der Waals surface area (Å²) in [6.45, 7) is 7.51. The smallest absolute Gasteiger partial charge is 0.319 e. The number of benzene rings is 2. The second-order valence-electron chi connectivity index (χ2n) is 12.9. The van der Waals surface area contributed by atoms with Crippen LogP contribution in [0.4, 0.5) is 19.0 Å². The summed E-state index contributed by atoms with van der Waals surface area (Å²) < 4.78 is 50.4. The molecular weight excluding hydrogens is 567 g/mol. The van der Waals surface area contributed by atoms with Gasteiger partial charge < -0.3 is 14.5 Å². The van der Waals surface area contributed by atoms with Crippen LogP contribution in [0.2, 0.25) is 0 Å². The van der Waals surface area contributed by atoms with Gasteiger partial charge in [-0.15, -0.1) is 0 Å². The van der Waals surface area contributed by atoms with Gasteiger partial charge in [-0.25, -0.2) is 13.2 Å². The molecule has 7 rings (SSSR count). The normalized spacial score (nSPS) is 25.3. The van der Waals surface area contributed by atoms with Crippen molar-refractivity contribution in [3.8, 4) is 17.1 Å². The minimum atomic E-state index is -0.991. The zero-order chi connectivity index (χ0) is 30.6. The van der Waals surface area contributed by atoms with Crippen LogP contribution in [0.25, 0.3) is 22.0 Å². The van der Waals surface area contributed by atoms with Gasteiger partial charge in [0.25, 0.3) is 5.91 Å². The fourth-order valence-corrected chi connectivity index (χ4v) is 7.91. The Morgan fingerprint density at radius 2 is 1.93 bits per heavy atom. The van der Waals surface area contributed by atoms with Crippen molar-refractivity contribution in [1.82, 2.24) is 19.8 Å². The monoisotopic (exact) mass is 605 g/mol. The van der Waals surface area contributed by atoms with Crippen LogP contribution in [0.1, 0.15) is 50.2 Å². The maximum atomic E-state index is 16.1. The molecule has 0 spiro atoms. The number of rotatable bonds is 6. The van der Waals surface area contributed by atoms with Gasteiger partial charge in [-0.05, 0) is 80.8 Å². The van der Waals surface area contributed by atoms with E-state index in [4.69, 9.17) is 14.7 Å². The van der Waals surface area contributed by atoms with Gasteiger partial charge in [0.15, 0.2) is 5.83 Å². The average Bonchev–Trinajstić information content (AvgIpc) is 3.54. The molecule has 0 radical (unpaired) electrons. The number of nitrogens with zero attached hydrogens (tertiary/aromatic N) is 5. The first-order valence-corrected chi connectivity index (χ1v) is 15.8. The second kappa shape index (κ2) is 11.4. The van der Waals surface area contributed by atoms with Crippen molar-refractivity contribution in [2.45, 2.75) is 69.6 Å². The number of aromatic nitrogens is 2. The van der Waals surface area contributed by atoms with Crippen LogP contribution in [0.3, 0.4) is 0 Å². The zero-order valence-electron chi connectivity index (χ0n) is 25.1. The van der Waals surface area contributed by atoms with Crippen LogP contribution in [-0.2, 0) is 17.6 Å². The van der Waals surface area contributed by atoms with Gasteiger partial charge in [0.2, 0.25) is 0 Å². The summed E-state index contributed by atoms with van der Waals surface area (Å²) in [4.78, 5) is 27.5. The fraction of sp³-hybridized carbons (Fsp3) is 0.500. The number of hydrogen-bond donors (Lipinski definition) is 0. The first-order chi connectivity index (χ1) is 21.2. The maximum Gasteiger partial charge on any atom is 0.319 e. The molecule has 4 aliphatic rings. The summed E-state index contributed by atoms with van der Waals surface area (Å²) in [5, 5.41) is 0.537. The van der Waals surface area contributed by atoms with Crippen LogP contribution in [0.15, 0.2) is 42.7 Å². The average molecular weight is 606 g/mol. The summed E-state index contributed by atoms with van der Waals surface area (Å²) in [5.41, 5.74) is 4.01. The number of fused-ring (bicyclic) bond motifs is 3. The minimum absolute atomic E-state index is 0.159. The molecule has 3 saturated heterocycles. The molecule has 0 unspecified atom stereocenters. The quantitative estimate of drug-likeness (QED) is 0.332. The third-order valence-electron chi connectivity index (χ3n) is 10.1. The highest BCUT2D eigenvalue weighted by molar-refractivity contribution is 5.94. The second-order valence-corrected chi connectivity index (χ2v) is 12.9. The van der Waals surface area contributed by atoms with E-state index < -0.39 is 17.9 Å². The van der Waals surface area contributed by atoms with Gasteiger partial charge in [-0.3, -0.25) is 9.69 Å². The van der Waals surface area contributed by atoms with E-state index in [1.807, 2.05) is 24.0 Å². The molecule has 0 bridgehead atoms. The Kier molecular flexibility index (Phi) is 7.51. The molecule has 3 fully saturated rings. The van der Waals surface area contributed by atoms with Crippen LogP contribution in [-0.4, -0.2) is 82.8 Å². The van der Waals surface area contributed by atoms with Crippen LogP contribution in [0.5, 0.6) is 6.01 Å². The van der Waals surface area contributed by atoms with Gasteiger partial charge in [0, 0.05) is 49.6 Å². The molecule has 44 heavy (non-hydrogen) atoms. The molecule has 0 saturated carbocycles. The predicted molar refractivity (Wildman–Crippen MR) is 164 cm³/mol. The Hall–Kier alpha value is -3.66. The zero-order valence-corrected chi connectivity index (χ0v) is 25.1. The number of alkyl halides is 1. The molecule has 1 aliphatic carbocycles. The number of halogens is 3. The van der Waals surface area contributed by atoms with Gasteiger partial charge in [0.1, 0.15) is 24.4 Å². The molecule has 10 heteroatoms. The third-order valence-corrected chi connectivity index (χ3v) is 10.1. The van der Waals surface area contributed by atoms with Crippen molar-refractivity contribution in [2.24, 2.45) is 0 Å². The molecule has 0 N–H and O–H groups in total. The van der Waals surface area contributed by atoms with Crippen molar-refractivity contribution in [2.75, 3.05) is 44.2 Å². The predicted octanol–water partition coefficient (Wildman–Crippen LogP) is 5.79. The number of amides is 1. The minimum Gasteiger partial charge on any atom is -0.461 e. The van der Waals surface area contributed by atoms with E-state index in [1.54, 1.807) is 6.07 Å². The number of hydrogen-bond acceptors (Lipinski definition) is 6. The highest BCUT2D eigenvalue weighted by Gasteiger charge is 2.49. The van der Waals surface area contributed by atoms with Gasteiger partial charge in [0.05, 0.1) is 11.1 Å². The van der Waals surface area contributed by atoms with E-state index in [0.29, 0.717) is 41.8 Å².